The number of rotatable bonds is 5. The lowest BCUT2D eigenvalue weighted by atomic mass is 10.4. The first-order valence-corrected chi connectivity index (χ1v) is 6.23. The summed E-state index contributed by atoms with van der Waals surface area (Å²) in [4.78, 5) is 10.8. The fraction of sp³-hybridized carbons (Fsp3) is 0.125. The molecule has 0 aliphatic rings. The summed E-state index contributed by atoms with van der Waals surface area (Å²) in [7, 11) is -3.97. The molecule has 10 heteroatoms. The third kappa shape index (κ3) is 2.38. The topological polar surface area (TPSA) is 141 Å². The van der Waals surface area contributed by atoms with Gasteiger partial charge in [-0.1, -0.05) is 0 Å². The lowest BCUT2D eigenvalue weighted by Crippen LogP contribution is -2.25. The summed E-state index contributed by atoms with van der Waals surface area (Å²) in [5.41, 5.74) is 0.141. The molecule has 0 aliphatic carbocycles. The molecule has 2 heterocycles. The predicted molar refractivity (Wildman–Crippen MR) is 58.2 cm³/mol. The van der Waals surface area contributed by atoms with Crippen LogP contribution in [0.5, 0.6) is 0 Å². The van der Waals surface area contributed by atoms with Crippen LogP contribution in [0.25, 0.3) is 0 Å². The van der Waals surface area contributed by atoms with Gasteiger partial charge in [0.2, 0.25) is 0 Å². The Bertz CT molecular complexity index is 645. The minimum Gasteiger partial charge on any atom is -0.478 e. The molecule has 18 heavy (non-hydrogen) atoms. The molecular weight excluding hydrogens is 262 g/mol. The number of nitrogens with one attached hydrogen (secondary N) is 3. The van der Waals surface area contributed by atoms with Crippen molar-refractivity contribution in [2.45, 2.75) is 11.6 Å². The molecule has 0 unspecified atom stereocenters. The number of sulfonamides is 1. The Morgan fingerprint density at radius 2 is 2.17 bits per heavy atom. The Morgan fingerprint density at radius 1 is 1.39 bits per heavy atom. The van der Waals surface area contributed by atoms with E-state index in [-0.39, 0.29) is 6.54 Å². The summed E-state index contributed by atoms with van der Waals surface area (Å²) in [5.74, 6) is -1.37. The number of aromatic carboxylic acids is 1. The van der Waals surface area contributed by atoms with Crippen molar-refractivity contribution < 1.29 is 18.3 Å². The van der Waals surface area contributed by atoms with E-state index in [2.05, 4.69) is 25.1 Å². The van der Waals surface area contributed by atoms with Gasteiger partial charge in [0.1, 0.15) is 5.56 Å². The maximum absolute atomic E-state index is 11.8. The molecule has 0 fully saturated rings. The zero-order valence-electron chi connectivity index (χ0n) is 8.91. The summed E-state index contributed by atoms with van der Waals surface area (Å²) < 4.78 is 25.9. The standard InChI is InChI=1S/C8H9N5O4S/c14-8(15)6-4-10-13-7(6)18(16,17)11-3-5-1-2-9-12-5/h1-2,4,11H,3H2,(H,9,12)(H,10,13)(H,14,15). The Hall–Kier alpha value is -2.20. The zero-order chi connectivity index (χ0) is 13.2. The summed E-state index contributed by atoms with van der Waals surface area (Å²) in [5, 5.41) is 20.1. The molecule has 4 N–H and O–H groups in total. The third-order valence-corrected chi connectivity index (χ3v) is 3.49. The highest BCUT2D eigenvalue weighted by atomic mass is 32.2. The molecule has 96 valence electrons. The van der Waals surface area contributed by atoms with Crippen LogP contribution in [0.15, 0.2) is 23.5 Å². The molecule has 0 saturated carbocycles. The number of carbonyl (C=O) groups is 1. The van der Waals surface area contributed by atoms with Crippen LogP contribution in [0.2, 0.25) is 0 Å². The molecule has 0 amide bonds. The van der Waals surface area contributed by atoms with Crippen molar-refractivity contribution in [2.75, 3.05) is 0 Å². The molecule has 0 saturated heterocycles. The van der Waals surface area contributed by atoms with E-state index in [9.17, 15) is 13.2 Å². The Balaban J connectivity index is 2.20. The average Bonchev–Trinajstić information content (AvgIpc) is 2.98. The number of H-pyrrole nitrogens is 2. The summed E-state index contributed by atoms with van der Waals surface area (Å²) in [6.07, 6.45) is 2.41. The van der Waals surface area contributed by atoms with E-state index in [1.54, 1.807) is 6.07 Å². The number of carboxylic acid groups (broad SMARTS) is 1. The normalized spacial score (nSPS) is 11.6. The molecule has 2 aromatic rings. The van der Waals surface area contributed by atoms with Crippen molar-refractivity contribution in [3.8, 4) is 0 Å². The molecule has 0 aliphatic heterocycles. The van der Waals surface area contributed by atoms with Gasteiger partial charge in [0, 0.05) is 6.20 Å². The van der Waals surface area contributed by atoms with Crippen LogP contribution in [-0.4, -0.2) is 39.9 Å². The first kappa shape index (κ1) is 12.3. The van der Waals surface area contributed by atoms with E-state index in [4.69, 9.17) is 5.11 Å². The number of aromatic amines is 2. The Kier molecular flexibility index (Phi) is 3.12. The maximum atomic E-state index is 11.8. The fourth-order valence-corrected chi connectivity index (χ4v) is 2.35. The summed E-state index contributed by atoms with van der Waals surface area (Å²) >= 11 is 0. The first-order chi connectivity index (χ1) is 8.50. The van der Waals surface area contributed by atoms with Crippen LogP contribution in [0, 0.1) is 0 Å². The van der Waals surface area contributed by atoms with Crippen LogP contribution < -0.4 is 4.72 Å². The van der Waals surface area contributed by atoms with Crippen molar-refractivity contribution in [3.05, 3.63) is 29.7 Å². The zero-order valence-corrected chi connectivity index (χ0v) is 9.73. The van der Waals surface area contributed by atoms with Crippen molar-refractivity contribution in [1.29, 1.82) is 0 Å². The van der Waals surface area contributed by atoms with Gasteiger partial charge in [-0.05, 0) is 6.07 Å². The van der Waals surface area contributed by atoms with Crippen molar-refractivity contribution in [3.63, 3.8) is 0 Å². The van der Waals surface area contributed by atoms with Gasteiger partial charge in [0.05, 0.1) is 18.4 Å². The maximum Gasteiger partial charge on any atom is 0.340 e. The average molecular weight is 271 g/mol. The second-order valence-electron chi connectivity index (χ2n) is 3.32. The molecule has 0 radical (unpaired) electrons. The van der Waals surface area contributed by atoms with E-state index in [0.717, 1.165) is 6.20 Å². The molecule has 0 atom stereocenters. The van der Waals surface area contributed by atoms with Crippen LogP contribution in [0.1, 0.15) is 16.1 Å². The van der Waals surface area contributed by atoms with Crippen LogP contribution in [0.3, 0.4) is 0 Å². The molecule has 0 aromatic carbocycles. The lowest BCUT2D eigenvalue weighted by molar-refractivity contribution is 0.0692. The van der Waals surface area contributed by atoms with Crippen LogP contribution in [-0.2, 0) is 16.6 Å². The smallest absolute Gasteiger partial charge is 0.340 e. The monoisotopic (exact) mass is 271 g/mol. The largest absolute Gasteiger partial charge is 0.478 e. The van der Waals surface area contributed by atoms with E-state index in [1.807, 2.05) is 0 Å². The number of hydrogen-bond donors (Lipinski definition) is 4. The predicted octanol–water partition coefficient (Wildman–Crippen LogP) is -0.691. The molecule has 0 spiro atoms. The summed E-state index contributed by atoms with van der Waals surface area (Å²) in [6.45, 7) is -0.0274. The second-order valence-corrected chi connectivity index (χ2v) is 5.03. The SMILES string of the molecule is O=C(O)c1cn[nH]c1S(=O)(=O)NCc1ccn[nH]1. The Labute approximate surface area is 101 Å². The highest BCUT2D eigenvalue weighted by molar-refractivity contribution is 7.89. The third-order valence-electron chi connectivity index (χ3n) is 2.11. The molecular formula is C8H9N5O4S. The van der Waals surface area contributed by atoms with Crippen LogP contribution >= 0.6 is 0 Å². The highest BCUT2D eigenvalue weighted by Crippen LogP contribution is 2.11. The van der Waals surface area contributed by atoms with Crippen LogP contribution in [0.4, 0.5) is 0 Å². The second kappa shape index (κ2) is 4.58. The number of hydrogen-bond acceptors (Lipinski definition) is 5. The van der Waals surface area contributed by atoms with Gasteiger partial charge in [-0.3, -0.25) is 10.2 Å². The fourth-order valence-electron chi connectivity index (χ4n) is 1.26. The van der Waals surface area contributed by atoms with Crippen molar-refractivity contribution in [2.24, 2.45) is 0 Å². The minimum absolute atomic E-state index is 0.0274. The number of nitrogens with zero attached hydrogens (tertiary/aromatic N) is 2. The van der Waals surface area contributed by atoms with Gasteiger partial charge in [-0.2, -0.15) is 10.2 Å². The molecule has 9 nitrogen and oxygen atoms in total. The van der Waals surface area contributed by atoms with E-state index in [1.165, 1.54) is 6.20 Å². The van der Waals surface area contributed by atoms with Gasteiger partial charge >= 0.3 is 5.97 Å². The van der Waals surface area contributed by atoms with E-state index < -0.39 is 26.6 Å². The van der Waals surface area contributed by atoms with E-state index in [0.29, 0.717) is 5.69 Å². The lowest BCUT2D eigenvalue weighted by Gasteiger charge is -2.03. The number of carboxylic acids is 1. The first-order valence-electron chi connectivity index (χ1n) is 4.75. The van der Waals surface area contributed by atoms with Gasteiger partial charge in [0.15, 0.2) is 5.03 Å². The van der Waals surface area contributed by atoms with Gasteiger partial charge in [-0.25, -0.2) is 17.9 Å². The Morgan fingerprint density at radius 3 is 2.78 bits per heavy atom. The summed E-state index contributed by atoms with van der Waals surface area (Å²) in [6, 6.07) is 1.59. The van der Waals surface area contributed by atoms with Gasteiger partial charge in [0.25, 0.3) is 10.0 Å². The minimum atomic E-state index is -3.97. The highest BCUT2D eigenvalue weighted by Gasteiger charge is 2.24. The molecule has 2 aromatic heterocycles. The van der Waals surface area contributed by atoms with E-state index >= 15 is 0 Å². The molecule has 2 rings (SSSR count). The number of aromatic nitrogens is 4. The van der Waals surface area contributed by atoms with Crippen molar-refractivity contribution in [1.82, 2.24) is 25.1 Å². The van der Waals surface area contributed by atoms with Gasteiger partial charge in [-0.15, -0.1) is 0 Å². The van der Waals surface area contributed by atoms with Crippen molar-refractivity contribution >= 4 is 16.0 Å². The quantitative estimate of drug-likeness (QED) is 0.567. The molecule has 0 bridgehead atoms. The van der Waals surface area contributed by atoms with Gasteiger partial charge < -0.3 is 5.11 Å².